The third-order valence-corrected chi connectivity index (χ3v) is 2.84. The molecule has 1 fully saturated rings. The Morgan fingerprint density at radius 2 is 2.07 bits per heavy atom. The van der Waals surface area contributed by atoms with Gasteiger partial charge in [0.1, 0.15) is 0 Å². The Labute approximate surface area is 89.3 Å². The van der Waals surface area contributed by atoms with E-state index in [0.717, 1.165) is 18.5 Å². The lowest BCUT2D eigenvalue weighted by molar-refractivity contribution is -0.130. The van der Waals surface area contributed by atoms with E-state index in [1.807, 2.05) is 30.3 Å². The fourth-order valence-corrected chi connectivity index (χ4v) is 2.06. The molecular weight excluding hydrogens is 190 g/mol. The molecule has 0 spiro atoms. The summed E-state index contributed by atoms with van der Waals surface area (Å²) < 4.78 is 0. The van der Waals surface area contributed by atoms with Gasteiger partial charge in [-0.05, 0) is 12.0 Å². The predicted molar refractivity (Wildman–Crippen MR) is 57.2 cm³/mol. The number of aliphatic hydroxyl groups is 1. The number of hydrogen-bond donors (Lipinski definition) is 1. The van der Waals surface area contributed by atoms with E-state index in [9.17, 15) is 9.90 Å². The van der Waals surface area contributed by atoms with Crippen molar-refractivity contribution in [3.05, 3.63) is 35.9 Å². The number of nitrogens with zero attached hydrogens (tertiary/aromatic N) is 1. The second-order valence-electron chi connectivity index (χ2n) is 3.80. The topological polar surface area (TPSA) is 40.5 Å². The monoisotopic (exact) mass is 205 g/mol. The van der Waals surface area contributed by atoms with Gasteiger partial charge in [0, 0.05) is 13.0 Å². The maximum atomic E-state index is 11.6. The number of rotatable bonds is 3. The van der Waals surface area contributed by atoms with Crippen LogP contribution in [-0.4, -0.2) is 29.1 Å². The lowest BCUT2D eigenvalue weighted by Crippen LogP contribution is -2.31. The molecular formula is C12H15NO2. The highest BCUT2D eigenvalue weighted by molar-refractivity contribution is 5.78. The van der Waals surface area contributed by atoms with Crippen LogP contribution in [0.2, 0.25) is 0 Å². The number of carbonyl (C=O) groups excluding carboxylic acids is 1. The summed E-state index contributed by atoms with van der Waals surface area (Å²) in [4.78, 5) is 13.3. The summed E-state index contributed by atoms with van der Waals surface area (Å²) in [6, 6.07) is 9.53. The van der Waals surface area contributed by atoms with Crippen molar-refractivity contribution in [3.63, 3.8) is 0 Å². The van der Waals surface area contributed by atoms with Crippen molar-refractivity contribution in [2.24, 2.45) is 0 Å². The van der Waals surface area contributed by atoms with Crippen molar-refractivity contribution in [1.82, 2.24) is 4.90 Å². The number of hydrogen-bond acceptors (Lipinski definition) is 2. The summed E-state index contributed by atoms with van der Waals surface area (Å²) in [5.74, 6) is 0.151. The molecule has 2 rings (SSSR count). The molecule has 0 aromatic heterocycles. The summed E-state index contributed by atoms with van der Waals surface area (Å²) in [6.45, 7) is 0.759. The molecule has 3 heteroatoms. The van der Waals surface area contributed by atoms with Gasteiger partial charge in [-0.15, -0.1) is 0 Å². The average Bonchev–Trinajstić information content (AvgIpc) is 2.68. The predicted octanol–water partition coefficient (Wildman–Crippen LogP) is 1.34. The SMILES string of the molecule is O=C1CCCN1C(CO)c1ccccc1. The normalized spacial score (nSPS) is 18.2. The highest BCUT2D eigenvalue weighted by atomic mass is 16.3. The molecule has 1 N–H and O–H groups in total. The van der Waals surface area contributed by atoms with Gasteiger partial charge in [0.05, 0.1) is 12.6 Å². The zero-order valence-electron chi connectivity index (χ0n) is 8.60. The molecule has 1 amide bonds. The summed E-state index contributed by atoms with van der Waals surface area (Å²) in [7, 11) is 0. The van der Waals surface area contributed by atoms with Gasteiger partial charge >= 0.3 is 0 Å². The zero-order chi connectivity index (χ0) is 10.7. The standard InChI is InChI=1S/C12H15NO2/c14-9-11(10-5-2-1-3-6-10)13-8-4-7-12(13)15/h1-3,5-6,11,14H,4,7-9H2. The van der Waals surface area contributed by atoms with Crippen LogP contribution in [0, 0.1) is 0 Å². The van der Waals surface area contributed by atoms with Gasteiger partial charge in [0.15, 0.2) is 0 Å². The van der Waals surface area contributed by atoms with Crippen LogP contribution in [-0.2, 0) is 4.79 Å². The largest absolute Gasteiger partial charge is 0.394 e. The number of carbonyl (C=O) groups is 1. The first kappa shape index (κ1) is 10.2. The quantitative estimate of drug-likeness (QED) is 0.809. The Morgan fingerprint density at radius 3 is 2.60 bits per heavy atom. The molecule has 1 saturated heterocycles. The van der Waals surface area contributed by atoms with E-state index in [-0.39, 0.29) is 18.6 Å². The number of aliphatic hydroxyl groups excluding tert-OH is 1. The Bertz CT molecular complexity index is 337. The van der Waals surface area contributed by atoms with Crippen molar-refractivity contribution >= 4 is 5.91 Å². The Hall–Kier alpha value is -1.35. The van der Waals surface area contributed by atoms with Crippen LogP contribution >= 0.6 is 0 Å². The van der Waals surface area contributed by atoms with Crippen LogP contribution in [0.15, 0.2) is 30.3 Å². The van der Waals surface area contributed by atoms with Crippen LogP contribution < -0.4 is 0 Å². The molecule has 0 bridgehead atoms. The fourth-order valence-electron chi connectivity index (χ4n) is 2.06. The molecule has 80 valence electrons. The van der Waals surface area contributed by atoms with Crippen molar-refractivity contribution < 1.29 is 9.90 Å². The van der Waals surface area contributed by atoms with E-state index in [4.69, 9.17) is 0 Å². The van der Waals surface area contributed by atoms with Gasteiger partial charge in [-0.1, -0.05) is 30.3 Å². The molecule has 1 heterocycles. The molecule has 1 aliphatic heterocycles. The summed E-state index contributed by atoms with van der Waals surface area (Å²) in [5, 5.41) is 9.36. The minimum absolute atomic E-state index is 0.00421. The summed E-state index contributed by atoms with van der Waals surface area (Å²) in [6.07, 6.45) is 1.52. The Morgan fingerprint density at radius 1 is 1.33 bits per heavy atom. The van der Waals surface area contributed by atoms with Gasteiger partial charge in [-0.2, -0.15) is 0 Å². The number of amides is 1. The van der Waals surface area contributed by atoms with E-state index in [1.165, 1.54) is 0 Å². The molecule has 3 nitrogen and oxygen atoms in total. The van der Waals surface area contributed by atoms with Gasteiger partial charge in [-0.3, -0.25) is 4.79 Å². The third-order valence-electron chi connectivity index (χ3n) is 2.84. The van der Waals surface area contributed by atoms with Crippen molar-refractivity contribution in [3.8, 4) is 0 Å². The maximum Gasteiger partial charge on any atom is 0.223 e. The first-order valence-corrected chi connectivity index (χ1v) is 5.28. The lowest BCUT2D eigenvalue weighted by Gasteiger charge is -2.26. The van der Waals surface area contributed by atoms with Crippen LogP contribution in [0.5, 0.6) is 0 Å². The molecule has 1 aromatic carbocycles. The smallest absolute Gasteiger partial charge is 0.223 e. The molecule has 1 aromatic rings. The number of benzene rings is 1. The van der Waals surface area contributed by atoms with E-state index < -0.39 is 0 Å². The molecule has 1 unspecified atom stereocenters. The van der Waals surface area contributed by atoms with Crippen LogP contribution in [0.1, 0.15) is 24.4 Å². The number of likely N-dealkylation sites (tertiary alicyclic amines) is 1. The first-order valence-electron chi connectivity index (χ1n) is 5.28. The van der Waals surface area contributed by atoms with E-state index in [2.05, 4.69) is 0 Å². The molecule has 0 radical (unpaired) electrons. The molecule has 0 aliphatic carbocycles. The molecule has 1 atom stereocenters. The zero-order valence-corrected chi connectivity index (χ0v) is 8.60. The molecule has 0 saturated carbocycles. The minimum Gasteiger partial charge on any atom is -0.394 e. The highest BCUT2D eigenvalue weighted by Gasteiger charge is 2.28. The van der Waals surface area contributed by atoms with Crippen LogP contribution in [0.4, 0.5) is 0 Å². The maximum absolute atomic E-state index is 11.6. The summed E-state index contributed by atoms with van der Waals surface area (Å²) in [5.41, 5.74) is 1.01. The van der Waals surface area contributed by atoms with E-state index in [1.54, 1.807) is 4.90 Å². The van der Waals surface area contributed by atoms with Crippen molar-refractivity contribution in [2.45, 2.75) is 18.9 Å². The average molecular weight is 205 g/mol. The van der Waals surface area contributed by atoms with Gasteiger partial charge in [-0.25, -0.2) is 0 Å². The van der Waals surface area contributed by atoms with Gasteiger partial charge < -0.3 is 10.0 Å². The van der Waals surface area contributed by atoms with Crippen LogP contribution in [0.3, 0.4) is 0 Å². The highest BCUT2D eigenvalue weighted by Crippen LogP contribution is 2.25. The minimum atomic E-state index is -0.166. The van der Waals surface area contributed by atoms with E-state index >= 15 is 0 Å². The Balaban J connectivity index is 2.20. The second-order valence-corrected chi connectivity index (χ2v) is 3.80. The Kier molecular flexibility index (Phi) is 3.02. The molecule has 15 heavy (non-hydrogen) atoms. The first-order chi connectivity index (χ1) is 7.33. The van der Waals surface area contributed by atoms with Gasteiger partial charge in [0.25, 0.3) is 0 Å². The summed E-state index contributed by atoms with van der Waals surface area (Å²) >= 11 is 0. The lowest BCUT2D eigenvalue weighted by atomic mass is 10.1. The molecule has 1 aliphatic rings. The van der Waals surface area contributed by atoms with E-state index in [0.29, 0.717) is 6.42 Å². The van der Waals surface area contributed by atoms with Crippen molar-refractivity contribution in [1.29, 1.82) is 0 Å². The van der Waals surface area contributed by atoms with Crippen molar-refractivity contribution in [2.75, 3.05) is 13.2 Å². The fraction of sp³-hybridized carbons (Fsp3) is 0.417. The second kappa shape index (κ2) is 4.45. The van der Waals surface area contributed by atoms with Crippen LogP contribution in [0.25, 0.3) is 0 Å². The van der Waals surface area contributed by atoms with Gasteiger partial charge in [0.2, 0.25) is 5.91 Å². The third kappa shape index (κ3) is 2.02.